The van der Waals surface area contributed by atoms with Crippen LogP contribution in [0.1, 0.15) is 18.5 Å². The van der Waals surface area contributed by atoms with Crippen LogP contribution >= 0.6 is 0 Å². The summed E-state index contributed by atoms with van der Waals surface area (Å²) in [6.07, 6.45) is 5.18. The molecular formula is C15H17F2N5O. The van der Waals surface area contributed by atoms with Gasteiger partial charge in [0.25, 0.3) is 0 Å². The summed E-state index contributed by atoms with van der Waals surface area (Å²) < 4.78 is 28.4. The minimum Gasteiger partial charge on any atom is -0.433 e. The predicted molar refractivity (Wildman–Crippen MR) is 81.7 cm³/mol. The van der Waals surface area contributed by atoms with Crippen molar-refractivity contribution in [3.8, 4) is 5.75 Å². The summed E-state index contributed by atoms with van der Waals surface area (Å²) in [6.45, 7) is -0.371. The maximum atomic E-state index is 12.1. The Kier molecular flexibility index (Phi) is 4.80. The normalized spacial score (nSPS) is 14.3. The number of halogens is 2. The summed E-state index contributed by atoms with van der Waals surface area (Å²) in [5, 5.41) is 3.16. The molecule has 1 fully saturated rings. The number of anilines is 2. The quantitative estimate of drug-likeness (QED) is 0.882. The molecule has 0 amide bonds. The van der Waals surface area contributed by atoms with Gasteiger partial charge in [0.2, 0.25) is 0 Å². The first kappa shape index (κ1) is 15.4. The lowest BCUT2D eigenvalue weighted by Gasteiger charge is -2.16. The molecule has 0 spiro atoms. The second kappa shape index (κ2) is 7.17. The number of nitrogens with zero attached hydrogens (tertiary/aromatic N) is 4. The fourth-order valence-electron chi connectivity index (χ4n) is 2.43. The summed E-state index contributed by atoms with van der Waals surface area (Å²) >= 11 is 0. The highest BCUT2D eigenvalue weighted by atomic mass is 19.3. The molecule has 8 heteroatoms. The van der Waals surface area contributed by atoms with Gasteiger partial charge in [0.05, 0.1) is 18.4 Å². The SMILES string of the molecule is FC(F)Oc1ccc(CNc2cc(N3CCCC3)ncn2)nc1. The van der Waals surface area contributed by atoms with E-state index < -0.39 is 6.61 Å². The van der Waals surface area contributed by atoms with Crippen molar-refractivity contribution in [1.29, 1.82) is 0 Å². The Hall–Kier alpha value is -2.51. The van der Waals surface area contributed by atoms with Gasteiger partial charge in [-0.05, 0) is 25.0 Å². The Morgan fingerprint density at radius 2 is 2.00 bits per heavy atom. The molecule has 0 aliphatic carbocycles. The average Bonchev–Trinajstić information content (AvgIpc) is 3.08. The summed E-state index contributed by atoms with van der Waals surface area (Å²) in [7, 11) is 0. The van der Waals surface area contributed by atoms with Crippen LogP contribution in [0.3, 0.4) is 0 Å². The summed E-state index contributed by atoms with van der Waals surface area (Å²) in [6, 6.07) is 5.00. The number of ether oxygens (including phenoxy) is 1. The Labute approximate surface area is 132 Å². The maximum Gasteiger partial charge on any atom is 0.387 e. The highest BCUT2D eigenvalue weighted by molar-refractivity contribution is 5.49. The molecule has 0 bridgehead atoms. The van der Waals surface area contributed by atoms with E-state index in [9.17, 15) is 8.78 Å². The van der Waals surface area contributed by atoms with E-state index in [1.165, 1.54) is 31.4 Å². The van der Waals surface area contributed by atoms with E-state index in [-0.39, 0.29) is 5.75 Å². The highest BCUT2D eigenvalue weighted by Gasteiger charge is 2.14. The number of nitrogens with one attached hydrogen (secondary N) is 1. The molecule has 2 aromatic heterocycles. The fraction of sp³-hybridized carbons (Fsp3) is 0.400. The number of alkyl halides is 2. The molecule has 6 nitrogen and oxygen atoms in total. The lowest BCUT2D eigenvalue weighted by molar-refractivity contribution is -0.0500. The maximum absolute atomic E-state index is 12.1. The third-order valence-electron chi connectivity index (χ3n) is 3.56. The van der Waals surface area contributed by atoms with E-state index in [0.717, 1.165) is 18.9 Å². The van der Waals surface area contributed by atoms with Gasteiger partial charge >= 0.3 is 6.61 Å². The Bertz CT molecular complexity index is 632. The van der Waals surface area contributed by atoms with Crippen LogP contribution in [0.4, 0.5) is 20.4 Å². The zero-order chi connectivity index (χ0) is 16.1. The van der Waals surface area contributed by atoms with Crippen molar-refractivity contribution < 1.29 is 13.5 Å². The first-order valence-corrected chi connectivity index (χ1v) is 7.41. The molecule has 0 atom stereocenters. The van der Waals surface area contributed by atoms with Crippen molar-refractivity contribution in [3.05, 3.63) is 36.4 Å². The minimum atomic E-state index is -2.84. The van der Waals surface area contributed by atoms with Crippen LogP contribution in [0.15, 0.2) is 30.7 Å². The zero-order valence-electron chi connectivity index (χ0n) is 12.5. The molecule has 0 saturated carbocycles. The number of aromatic nitrogens is 3. The van der Waals surface area contributed by atoms with E-state index in [2.05, 4.69) is 29.9 Å². The summed E-state index contributed by atoms with van der Waals surface area (Å²) in [5.41, 5.74) is 0.702. The second-order valence-electron chi connectivity index (χ2n) is 5.17. The molecule has 2 aromatic rings. The molecule has 1 aliphatic rings. The molecule has 1 N–H and O–H groups in total. The van der Waals surface area contributed by atoms with Gasteiger partial charge in [-0.3, -0.25) is 4.98 Å². The first-order valence-electron chi connectivity index (χ1n) is 7.41. The minimum absolute atomic E-state index is 0.0436. The van der Waals surface area contributed by atoms with Gasteiger partial charge in [0, 0.05) is 19.2 Å². The van der Waals surface area contributed by atoms with E-state index >= 15 is 0 Å². The van der Waals surface area contributed by atoms with Crippen LogP contribution in [0.2, 0.25) is 0 Å². The second-order valence-corrected chi connectivity index (χ2v) is 5.17. The summed E-state index contributed by atoms with van der Waals surface area (Å²) in [5.74, 6) is 1.66. The van der Waals surface area contributed by atoms with Crippen LogP contribution in [-0.2, 0) is 6.54 Å². The molecule has 122 valence electrons. The van der Waals surface area contributed by atoms with Crippen molar-refractivity contribution in [2.75, 3.05) is 23.3 Å². The Morgan fingerprint density at radius 3 is 2.70 bits per heavy atom. The lowest BCUT2D eigenvalue weighted by Crippen LogP contribution is -2.19. The van der Waals surface area contributed by atoms with Crippen LogP contribution in [0.5, 0.6) is 5.75 Å². The first-order chi connectivity index (χ1) is 11.2. The number of rotatable bonds is 6. The summed E-state index contributed by atoms with van der Waals surface area (Å²) in [4.78, 5) is 14.8. The van der Waals surface area contributed by atoms with Crippen LogP contribution in [-0.4, -0.2) is 34.7 Å². The van der Waals surface area contributed by atoms with E-state index in [0.29, 0.717) is 18.1 Å². The number of pyridine rings is 1. The van der Waals surface area contributed by atoms with Crippen molar-refractivity contribution in [1.82, 2.24) is 15.0 Å². The van der Waals surface area contributed by atoms with Gasteiger partial charge in [-0.1, -0.05) is 0 Å². The highest BCUT2D eigenvalue weighted by Crippen LogP contribution is 2.19. The van der Waals surface area contributed by atoms with Crippen molar-refractivity contribution in [3.63, 3.8) is 0 Å². The van der Waals surface area contributed by atoms with Crippen molar-refractivity contribution in [2.45, 2.75) is 26.0 Å². The number of hydrogen-bond donors (Lipinski definition) is 1. The molecule has 3 rings (SSSR count). The average molecular weight is 321 g/mol. The smallest absolute Gasteiger partial charge is 0.387 e. The molecule has 0 aromatic carbocycles. The van der Waals surface area contributed by atoms with Crippen LogP contribution < -0.4 is 15.0 Å². The van der Waals surface area contributed by atoms with E-state index in [1.54, 1.807) is 6.07 Å². The van der Waals surface area contributed by atoms with Crippen LogP contribution in [0, 0.1) is 0 Å². The Morgan fingerprint density at radius 1 is 1.17 bits per heavy atom. The number of hydrogen-bond acceptors (Lipinski definition) is 6. The van der Waals surface area contributed by atoms with E-state index in [1.807, 2.05) is 6.07 Å². The van der Waals surface area contributed by atoms with Crippen LogP contribution in [0.25, 0.3) is 0 Å². The van der Waals surface area contributed by atoms with Gasteiger partial charge < -0.3 is 15.0 Å². The molecule has 1 saturated heterocycles. The topological polar surface area (TPSA) is 63.2 Å². The van der Waals surface area contributed by atoms with Gasteiger partial charge in [0.15, 0.2) is 0 Å². The van der Waals surface area contributed by atoms with Crippen molar-refractivity contribution in [2.24, 2.45) is 0 Å². The predicted octanol–water partition coefficient (Wildman–Crippen LogP) is 2.69. The third-order valence-corrected chi connectivity index (χ3v) is 3.56. The largest absolute Gasteiger partial charge is 0.433 e. The molecular weight excluding hydrogens is 304 g/mol. The molecule has 1 aliphatic heterocycles. The zero-order valence-corrected chi connectivity index (χ0v) is 12.5. The lowest BCUT2D eigenvalue weighted by atomic mass is 10.3. The van der Waals surface area contributed by atoms with Crippen molar-refractivity contribution >= 4 is 11.6 Å². The van der Waals surface area contributed by atoms with Gasteiger partial charge in [-0.25, -0.2) is 9.97 Å². The van der Waals surface area contributed by atoms with Gasteiger partial charge in [0.1, 0.15) is 23.7 Å². The van der Waals surface area contributed by atoms with Gasteiger partial charge in [-0.15, -0.1) is 0 Å². The standard InChI is InChI=1S/C15H17F2N5O/c16-15(17)23-12-4-3-11(18-9-12)8-19-13-7-14(21-10-20-13)22-5-1-2-6-22/h3-4,7,9-10,15H,1-2,5-6,8H2,(H,19,20,21). The van der Waals surface area contributed by atoms with E-state index in [4.69, 9.17) is 0 Å². The molecule has 0 radical (unpaired) electrons. The fourth-order valence-corrected chi connectivity index (χ4v) is 2.43. The molecule has 3 heterocycles. The molecule has 23 heavy (non-hydrogen) atoms. The third kappa shape index (κ3) is 4.24. The van der Waals surface area contributed by atoms with Gasteiger partial charge in [-0.2, -0.15) is 8.78 Å². The molecule has 0 unspecified atom stereocenters. The monoisotopic (exact) mass is 321 g/mol. The Balaban J connectivity index is 1.58.